The van der Waals surface area contributed by atoms with Crippen molar-refractivity contribution in [1.82, 2.24) is 0 Å². The summed E-state index contributed by atoms with van der Waals surface area (Å²) in [5, 5.41) is 0. The van der Waals surface area contributed by atoms with Crippen LogP contribution in [0.15, 0.2) is 0 Å². The summed E-state index contributed by atoms with van der Waals surface area (Å²) >= 11 is 0. The molecule has 0 bridgehead atoms. The molecule has 0 aromatic heterocycles. The van der Waals surface area contributed by atoms with Gasteiger partial charge >= 0.3 is 10.4 Å². The van der Waals surface area contributed by atoms with Crippen LogP contribution in [0.25, 0.3) is 0 Å². The van der Waals surface area contributed by atoms with Gasteiger partial charge in [0.2, 0.25) is 0 Å². The summed E-state index contributed by atoms with van der Waals surface area (Å²) in [5.41, 5.74) is 0. The third-order valence-electron chi connectivity index (χ3n) is 6.69. The number of hydrogen-bond donors (Lipinski definition) is 0. The van der Waals surface area contributed by atoms with E-state index >= 15 is 0 Å². The van der Waals surface area contributed by atoms with E-state index in [0.717, 1.165) is 38.5 Å². The molecule has 0 spiro atoms. The maximum atomic E-state index is 11.7. The SMILES string of the molecule is CCCCCCCCCCCCCCCCCCC(C)C(CCCCC)OS(=O)(=O)OC. The molecule has 0 saturated carbocycles. The summed E-state index contributed by atoms with van der Waals surface area (Å²) in [7, 11) is -2.70. The molecule has 2 unspecified atom stereocenters. The van der Waals surface area contributed by atoms with Crippen LogP contribution in [0, 0.1) is 5.92 Å². The summed E-state index contributed by atoms with van der Waals surface area (Å²) < 4.78 is 33.3. The van der Waals surface area contributed by atoms with Crippen LogP contribution in [0.4, 0.5) is 0 Å². The minimum absolute atomic E-state index is 0.239. The van der Waals surface area contributed by atoms with Gasteiger partial charge < -0.3 is 0 Å². The lowest BCUT2D eigenvalue weighted by Gasteiger charge is -2.23. The molecular weight excluding hydrogens is 420 g/mol. The molecule has 0 radical (unpaired) electrons. The van der Waals surface area contributed by atoms with Gasteiger partial charge in [0.15, 0.2) is 0 Å². The highest BCUT2D eigenvalue weighted by atomic mass is 32.3. The first-order valence-corrected chi connectivity index (χ1v) is 15.3. The zero-order valence-electron chi connectivity index (χ0n) is 22.0. The number of rotatable bonds is 25. The molecule has 0 amide bonds. The van der Waals surface area contributed by atoms with Gasteiger partial charge in [-0.1, -0.05) is 143 Å². The minimum atomic E-state index is -3.86. The summed E-state index contributed by atoms with van der Waals surface area (Å²) in [6.07, 6.45) is 26.7. The predicted octanol–water partition coefficient (Wildman–Crippen LogP) is 9.13. The van der Waals surface area contributed by atoms with Crippen molar-refractivity contribution in [3.63, 3.8) is 0 Å². The number of hydrogen-bond acceptors (Lipinski definition) is 4. The van der Waals surface area contributed by atoms with Gasteiger partial charge in [-0.2, -0.15) is 8.42 Å². The Kier molecular flexibility index (Phi) is 22.6. The maximum Gasteiger partial charge on any atom is 0.399 e. The highest BCUT2D eigenvalue weighted by Crippen LogP contribution is 2.23. The monoisotopic (exact) mass is 476 g/mol. The molecule has 32 heavy (non-hydrogen) atoms. The molecule has 0 aromatic rings. The second-order valence-electron chi connectivity index (χ2n) is 9.77. The van der Waals surface area contributed by atoms with Gasteiger partial charge in [-0.25, -0.2) is 4.18 Å². The quantitative estimate of drug-likeness (QED) is 0.123. The Morgan fingerprint density at radius 2 is 0.906 bits per heavy atom. The molecule has 0 aliphatic rings. The first-order valence-electron chi connectivity index (χ1n) is 14.0. The second kappa shape index (κ2) is 22.7. The summed E-state index contributed by atoms with van der Waals surface area (Å²) in [4.78, 5) is 0. The van der Waals surface area contributed by atoms with Crippen molar-refractivity contribution < 1.29 is 16.8 Å². The smallest absolute Gasteiger partial charge is 0.252 e. The van der Waals surface area contributed by atoms with Crippen LogP contribution >= 0.6 is 0 Å². The Balaban J connectivity index is 3.67. The predicted molar refractivity (Wildman–Crippen MR) is 138 cm³/mol. The first kappa shape index (κ1) is 31.9. The van der Waals surface area contributed by atoms with E-state index in [1.807, 2.05) is 0 Å². The van der Waals surface area contributed by atoms with Gasteiger partial charge in [0.25, 0.3) is 0 Å². The van der Waals surface area contributed by atoms with Gasteiger partial charge in [-0.15, -0.1) is 0 Å². The molecule has 194 valence electrons. The molecular formula is C27H56O4S. The maximum absolute atomic E-state index is 11.7. The van der Waals surface area contributed by atoms with E-state index in [0.29, 0.717) is 0 Å². The summed E-state index contributed by atoms with van der Waals surface area (Å²) in [6.45, 7) is 6.55. The molecule has 5 heteroatoms. The first-order chi connectivity index (χ1) is 15.5. The molecule has 0 heterocycles. The third kappa shape index (κ3) is 20.5. The fraction of sp³-hybridized carbons (Fsp3) is 1.00. The van der Waals surface area contributed by atoms with E-state index in [4.69, 9.17) is 4.18 Å². The Morgan fingerprint density at radius 1 is 0.562 bits per heavy atom. The number of unbranched alkanes of at least 4 members (excludes halogenated alkanes) is 17. The molecule has 0 aromatic carbocycles. The normalized spacial score (nSPS) is 14.0. The molecule has 4 nitrogen and oxygen atoms in total. The largest absolute Gasteiger partial charge is 0.399 e. The van der Waals surface area contributed by atoms with E-state index in [-0.39, 0.29) is 12.0 Å². The topological polar surface area (TPSA) is 52.6 Å². The Labute approximate surface area is 201 Å². The van der Waals surface area contributed by atoms with Crippen LogP contribution in [0.3, 0.4) is 0 Å². The van der Waals surface area contributed by atoms with Gasteiger partial charge in [0.05, 0.1) is 13.2 Å². The summed E-state index contributed by atoms with van der Waals surface area (Å²) in [6, 6.07) is 0. The van der Waals surface area contributed by atoms with Gasteiger partial charge in [0, 0.05) is 0 Å². The molecule has 0 aliphatic carbocycles. The van der Waals surface area contributed by atoms with Crippen molar-refractivity contribution in [1.29, 1.82) is 0 Å². The van der Waals surface area contributed by atoms with E-state index in [1.165, 1.54) is 103 Å². The Hall–Kier alpha value is -0.130. The average Bonchev–Trinajstić information content (AvgIpc) is 2.78. The van der Waals surface area contributed by atoms with Gasteiger partial charge in [0.1, 0.15) is 0 Å². The average molecular weight is 477 g/mol. The van der Waals surface area contributed by atoms with Crippen molar-refractivity contribution in [2.75, 3.05) is 7.11 Å². The van der Waals surface area contributed by atoms with E-state index in [2.05, 4.69) is 25.0 Å². The molecule has 0 aliphatic heterocycles. The fourth-order valence-electron chi connectivity index (χ4n) is 4.41. The van der Waals surface area contributed by atoms with Crippen LogP contribution in [0.1, 0.15) is 156 Å². The van der Waals surface area contributed by atoms with Crippen LogP contribution in [-0.4, -0.2) is 21.6 Å². The van der Waals surface area contributed by atoms with Crippen molar-refractivity contribution in [3.8, 4) is 0 Å². The zero-order valence-corrected chi connectivity index (χ0v) is 22.9. The minimum Gasteiger partial charge on any atom is -0.252 e. The Morgan fingerprint density at radius 3 is 1.31 bits per heavy atom. The second-order valence-corrected chi connectivity index (χ2v) is 11.1. The van der Waals surface area contributed by atoms with Crippen LogP contribution in [0.2, 0.25) is 0 Å². The van der Waals surface area contributed by atoms with Crippen LogP contribution in [-0.2, 0) is 18.8 Å². The zero-order chi connectivity index (χ0) is 23.9. The lowest BCUT2D eigenvalue weighted by Crippen LogP contribution is -2.26. The highest BCUT2D eigenvalue weighted by Gasteiger charge is 2.24. The lowest BCUT2D eigenvalue weighted by molar-refractivity contribution is 0.107. The lowest BCUT2D eigenvalue weighted by atomic mass is 9.93. The van der Waals surface area contributed by atoms with E-state index in [1.54, 1.807) is 0 Å². The van der Waals surface area contributed by atoms with E-state index < -0.39 is 10.4 Å². The molecule has 0 N–H and O–H groups in total. The van der Waals surface area contributed by atoms with Crippen molar-refractivity contribution >= 4 is 10.4 Å². The summed E-state index contributed by atoms with van der Waals surface area (Å²) in [5.74, 6) is 0.239. The van der Waals surface area contributed by atoms with Gasteiger partial charge in [-0.3, -0.25) is 4.18 Å². The molecule has 0 rings (SSSR count). The van der Waals surface area contributed by atoms with Crippen molar-refractivity contribution in [2.24, 2.45) is 5.92 Å². The van der Waals surface area contributed by atoms with E-state index in [9.17, 15) is 8.42 Å². The third-order valence-corrected chi connectivity index (χ3v) is 7.58. The Bertz CT molecular complexity index is 478. The van der Waals surface area contributed by atoms with Crippen LogP contribution in [0.5, 0.6) is 0 Å². The molecule has 0 fully saturated rings. The van der Waals surface area contributed by atoms with Crippen LogP contribution < -0.4 is 0 Å². The fourth-order valence-corrected chi connectivity index (χ4v) is 5.08. The van der Waals surface area contributed by atoms with Crippen molar-refractivity contribution in [3.05, 3.63) is 0 Å². The highest BCUT2D eigenvalue weighted by molar-refractivity contribution is 7.81. The molecule has 0 saturated heterocycles. The molecule has 2 atom stereocenters. The van der Waals surface area contributed by atoms with Gasteiger partial charge in [-0.05, 0) is 18.8 Å². The van der Waals surface area contributed by atoms with Crippen molar-refractivity contribution in [2.45, 2.75) is 162 Å². The standard InChI is InChI=1S/C27H56O4S/c1-5-7-9-10-11-12-13-14-15-16-17-18-19-20-21-23-24-26(3)27(25-22-8-6-2)31-32(28,29)30-4/h26-27H,5-25H2,1-4H3.